The Hall–Kier alpha value is -1.99. The summed E-state index contributed by atoms with van der Waals surface area (Å²) in [6.07, 6.45) is 3.78. The van der Waals surface area contributed by atoms with E-state index in [-0.39, 0.29) is 10.8 Å². The maximum atomic E-state index is 13.2. The fourth-order valence-corrected chi connectivity index (χ4v) is 4.91. The molecule has 1 N–H and O–H groups in total. The predicted octanol–water partition coefficient (Wildman–Crippen LogP) is 1.52. The van der Waals surface area contributed by atoms with Gasteiger partial charge in [0, 0.05) is 25.2 Å². The molecule has 2 aromatic rings. The Balaban J connectivity index is 2.10. The lowest BCUT2D eigenvalue weighted by molar-refractivity contribution is -0.125. The molecule has 2 heterocycles. The average Bonchev–Trinajstić information content (AvgIpc) is 2.60. The molecule has 0 bridgehead atoms. The number of rotatable bonds is 3. The molecule has 1 saturated heterocycles. The highest BCUT2D eigenvalue weighted by Crippen LogP contribution is 2.29. The molecule has 3 rings (SSSR count). The number of hydrogen-bond acceptors (Lipinski definition) is 4. The van der Waals surface area contributed by atoms with Gasteiger partial charge in [-0.3, -0.25) is 9.78 Å². The maximum absolute atomic E-state index is 13.2. The monoisotopic (exact) mass is 333 g/mol. The summed E-state index contributed by atoms with van der Waals surface area (Å²) in [5, 5.41) is 3.15. The van der Waals surface area contributed by atoms with E-state index in [2.05, 4.69) is 10.3 Å². The number of sulfonamides is 1. The first kappa shape index (κ1) is 15.9. The highest BCUT2D eigenvalue weighted by molar-refractivity contribution is 7.89. The molecule has 7 heteroatoms. The van der Waals surface area contributed by atoms with Crippen molar-refractivity contribution < 1.29 is 13.2 Å². The molecule has 0 saturated carbocycles. The molecule has 23 heavy (non-hydrogen) atoms. The summed E-state index contributed by atoms with van der Waals surface area (Å²) in [4.78, 5) is 16.5. The molecule has 0 radical (unpaired) electrons. The quantitative estimate of drug-likeness (QED) is 0.924. The molecule has 122 valence electrons. The number of fused-ring (bicyclic) bond motifs is 1. The molecule has 0 aliphatic carbocycles. The number of nitrogens with one attached hydrogen (secondary N) is 1. The number of aromatic nitrogens is 1. The van der Waals surface area contributed by atoms with Crippen LogP contribution in [0.15, 0.2) is 41.4 Å². The summed E-state index contributed by atoms with van der Waals surface area (Å²) in [6.45, 7) is 0.358. The molecule has 0 unspecified atom stereocenters. The van der Waals surface area contributed by atoms with Crippen molar-refractivity contribution in [3.8, 4) is 0 Å². The van der Waals surface area contributed by atoms with Crippen molar-refractivity contribution in [2.45, 2.75) is 30.2 Å². The zero-order chi connectivity index (χ0) is 16.4. The lowest BCUT2D eigenvalue weighted by Gasteiger charge is -2.33. The molecule has 1 fully saturated rings. The van der Waals surface area contributed by atoms with E-state index >= 15 is 0 Å². The Morgan fingerprint density at radius 3 is 2.87 bits per heavy atom. The first-order chi connectivity index (χ1) is 11.1. The van der Waals surface area contributed by atoms with E-state index < -0.39 is 16.1 Å². The Morgan fingerprint density at radius 1 is 1.26 bits per heavy atom. The van der Waals surface area contributed by atoms with Crippen LogP contribution < -0.4 is 5.32 Å². The zero-order valence-corrected chi connectivity index (χ0v) is 13.7. The normalized spacial score (nSPS) is 19.6. The molecule has 1 amide bonds. The minimum Gasteiger partial charge on any atom is -0.358 e. The van der Waals surface area contributed by atoms with Crippen molar-refractivity contribution in [2.24, 2.45) is 0 Å². The second-order valence-corrected chi connectivity index (χ2v) is 7.43. The number of nitrogens with zero attached hydrogens (tertiary/aromatic N) is 2. The first-order valence-electron chi connectivity index (χ1n) is 7.63. The van der Waals surface area contributed by atoms with Crippen molar-refractivity contribution in [3.63, 3.8) is 0 Å². The number of amides is 1. The van der Waals surface area contributed by atoms with Crippen molar-refractivity contribution in [1.29, 1.82) is 0 Å². The van der Waals surface area contributed by atoms with E-state index in [1.807, 2.05) is 0 Å². The van der Waals surface area contributed by atoms with Crippen LogP contribution in [0.3, 0.4) is 0 Å². The number of likely N-dealkylation sites (N-methyl/N-ethyl adjacent to an activating group) is 1. The number of carbonyl (C=O) groups is 1. The highest BCUT2D eigenvalue weighted by atomic mass is 32.2. The van der Waals surface area contributed by atoms with E-state index in [4.69, 9.17) is 0 Å². The van der Waals surface area contributed by atoms with Gasteiger partial charge in [-0.15, -0.1) is 0 Å². The summed E-state index contributed by atoms with van der Waals surface area (Å²) >= 11 is 0. The van der Waals surface area contributed by atoms with Gasteiger partial charge >= 0.3 is 0 Å². The lowest BCUT2D eigenvalue weighted by Crippen LogP contribution is -2.51. The second kappa shape index (κ2) is 6.25. The standard InChI is InChI=1S/C16H19N3O3S/c1-17-16(20)14-8-2-3-11-19(14)23(21,22)15-9-4-7-13-12(15)6-5-10-18-13/h4-7,9-10,14H,2-3,8,11H2,1H3,(H,17,20)/t14-/m1/s1. The van der Waals surface area contributed by atoms with Crippen molar-refractivity contribution in [1.82, 2.24) is 14.6 Å². The van der Waals surface area contributed by atoms with Crippen molar-refractivity contribution in [2.75, 3.05) is 13.6 Å². The van der Waals surface area contributed by atoms with Gasteiger partial charge in [-0.05, 0) is 37.1 Å². The largest absolute Gasteiger partial charge is 0.358 e. The molecular formula is C16H19N3O3S. The van der Waals surface area contributed by atoms with Crippen LogP contribution in [-0.2, 0) is 14.8 Å². The lowest BCUT2D eigenvalue weighted by atomic mass is 10.0. The number of hydrogen-bond donors (Lipinski definition) is 1. The summed E-state index contributed by atoms with van der Waals surface area (Å²) in [5.41, 5.74) is 0.627. The van der Waals surface area contributed by atoms with Crippen LogP contribution in [0, 0.1) is 0 Å². The Labute approximate surface area is 135 Å². The van der Waals surface area contributed by atoms with Crippen molar-refractivity contribution >= 4 is 26.8 Å². The van der Waals surface area contributed by atoms with Crippen LogP contribution in [0.5, 0.6) is 0 Å². The number of benzene rings is 1. The highest BCUT2D eigenvalue weighted by Gasteiger charge is 2.37. The van der Waals surface area contributed by atoms with Crippen LogP contribution in [0.4, 0.5) is 0 Å². The van der Waals surface area contributed by atoms with Crippen LogP contribution in [0.2, 0.25) is 0 Å². The van der Waals surface area contributed by atoms with Gasteiger partial charge in [0.25, 0.3) is 0 Å². The number of piperidine rings is 1. The molecule has 1 aromatic carbocycles. The van der Waals surface area contributed by atoms with Gasteiger partial charge in [0.2, 0.25) is 15.9 Å². The van der Waals surface area contributed by atoms with E-state index in [0.717, 1.165) is 12.8 Å². The van der Waals surface area contributed by atoms with E-state index in [1.54, 1.807) is 36.5 Å². The van der Waals surface area contributed by atoms with Gasteiger partial charge in [-0.25, -0.2) is 8.42 Å². The first-order valence-corrected chi connectivity index (χ1v) is 9.07. The minimum atomic E-state index is -3.76. The Morgan fingerprint density at radius 2 is 2.09 bits per heavy atom. The number of pyridine rings is 1. The minimum absolute atomic E-state index is 0.207. The maximum Gasteiger partial charge on any atom is 0.244 e. The zero-order valence-electron chi connectivity index (χ0n) is 12.9. The molecule has 1 aliphatic heterocycles. The van der Waals surface area contributed by atoms with Crippen LogP contribution >= 0.6 is 0 Å². The number of carbonyl (C=O) groups excluding carboxylic acids is 1. The predicted molar refractivity (Wildman–Crippen MR) is 87.3 cm³/mol. The molecule has 6 nitrogen and oxygen atoms in total. The average molecular weight is 333 g/mol. The second-order valence-electron chi connectivity index (χ2n) is 5.57. The fourth-order valence-electron chi connectivity index (χ4n) is 3.05. The summed E-state index contributed by atoms with van der Waals surface area (Å²) in [5.74, 6) is -0.258. The molecule has 1 aliphatic rings. The van der Waals surface area contributed by atoms with Crippen LogP contribution in [0.25, 0.3) is 10.9 Å². The topological polar surface area (TPSA) is 79.4 Å². The molecule has 1 atom stereocenters. The van der Waals surface area contributed by atoms with Gasteiger partial charge in [0.05, 0.1) is 10.4 Å². The smallest absolute Gasteiger partial charge is 0.244 e. The third-order valence-electron chi connectivity index (χ3n) is 4.20. The van der Waals surface area contributed by atoms with Crippen LogP contribution in [0.1, 0.15) is 19.3 Å². The van der Waals surface area contributed by atoms with Crippen LogP contribution in [-0.4, -0.2) is 43.2 Å². The van der Waals surface area contributed by atoms with E-state index in [9.17, 15) is 13.2 Å². The van der Waals surface area contributed by atoms with Gasteiger partial charge in [-0.1, -0.05) is 12.5 Å². The van der Waals surface area contributed by atoms with E-state index in [0.29, 0.717) is 23.9 Å². The molecular weight excluding hydrogens is 314 g/mol. The SMILES string of the molecule is CNC(=O)[C@H]1CCCCN1S(=O)(=O)c1cccc2ncccc12. The molecule has 1 aromatic heterocycles. The van der Waals surface area contributed by atoms with Gasteiger partial charge < -0.3 is 5.32 Å². The fraction of sp³-hybridized carbons (Fsp3) is 0.375. The summed E-state index contributed by atoms with van der Waals surface area (Å²) < 4.78 is 27.6. The van der Waals surface area contributed by atoms with Gasteiger partial charge in [-0.2, -0.15) is 4.31 Å². The third kappa shape index (κ3) is 2.82. The van der Waals surface area contributed by atoms with Gasteiger partial charge in [0.1, 0.15) is 6.04 Å². The van der Waals surface area contributed by atoms with Crippen molar-refractivity contribution in [3.05, 3.63) is 36.5 Å². The van der Waals surface area contributed by atoms with E-state index in [1.165, 1.54) is 11.4 Å². The summed E-state index contributed by atoms with van der Waals surface area (Å²) in [7, 11) is -2.23. The third-order valence-corrected chi connectivity index (χ3v) is 6.16. The van der Waals surface area contributed by atoms with Gasteiger partial charge in [0.15, 0.2) is 0 Å². The Kier molecular flexibility index (Phi) is 4.32. The Bertz CT molecular complexity index is 830. The molecule has 0 spiro atoms. The summed E-state index contributed by atoms with van der Waals surface area (Å²) in [6, 6.07) is 7.85.